The molecule has 2 aromatic heterocycles. The second-order valence-electron chi connectivity index (χ2n) is 9.46. The minimum atomic E-state index is -0.498. The van der Waals surface area contributed by atoms with Crippen molar-refractivity contribution in [3.05, 3.63) is 79.2 Å². The lowest BCUT2D eigenvalue weighted by Crippen LogP contribution is -2.29. The molecule has 0 fully saturated rings. The Morgan fingerprint density at radius 3 is 2.49 bits per heavy atom. The van der Waals surface area contributed by atoms with Crippen LogP contribution >= 0.6 is 11.6 Å². The molecule has 0 saturated heterocycles. The molecule has 4 rings (SSSR count). The molecule has 1 amide bonds. The SMILES string of the molecule is CC(C)CNC(=O)c1ccc2c(=O)n(CC(C)C)c3nn(Cc4ccc(F)cc4Cl)c(=O)n3c2c1. The third-order valence-corrected chi connectivity index (χ3v) is 5.95. The second kappa shape index (κ2) is 9.65. The van der Waals surface area contributed by atoms with Crippen LogP contribution < -0.4 is 16.6 Å². The Morgan fingerprint density at radius 2 is 1.83 bits per heavy atom. The monoisotopic (exact) mass is 499 g/mol. The van der Waals surface area contributed by atoms with Crippen molar-refractivity contribution in [3.8, 4) is 0 Å². The quantitative estimate of drug-likeness (QED) is 0.420. The van der Waals surface area contributed by atoms with E-state index in [-0.39, 0.29) is 40.6 Å². The number of nitrogens with one attached hydrogen (secondary N) is 1. The highest BCUT2D eigenvalue weighted by Gasteiger charge is 2.20. The molecule has 0 spiro atoms. The van der Waals surface area contributed by atoms with Gasteiger partial charge >= 0.3 is 5.69 Å². The van der Waals surface area contributed by atoms with Gasteiger partial charge < -0.3 is 5.32 Å². The van der Waals surface area contributed by atoms with Crippen molar-refractivity contribution < 1.29 is 9.18 Å². The maximum absolute atomic E-state index is 13.5. The van der Waals surface area contributed by atoms with Gasteiger partial charge in [0.2, 0.25) is 5.78 Å². The molecule has 0 radical (unpaired) electrons. The molecular weight excluding hydrogens is 473 g/mol. The van der Waals surface area contributed by atoms with Gasteiger partial charge in [0.1, 0.15) is 5.82 Å². The number of hydrogen-bond acceptors (Lipinski definition) is 4. The van der Waals surface area contributed by atoms with Crippen molar-refractivity contribution in [1.82, 2.24) is 24.1 Å². The Labute approximate surface area is 205 Å². The highest BCUT2D eigenvalue weighted by molar-refractivity contribution is 6.31. The molecule has 1 N–H and O–H groups in total. The first-order valence-corrected chi connectivity index (χ1v) is 11.8. The maximum Gasteiger partial charge on any atom is 0.352 e. The smallest absolute Gasteiger partial charge is 0.352 e. The zero-order chi connectivity index (χ0) is 25.4. The van der Waals surface area contributed by atoms with Gasteiger partial charge in [-0.2, -0.15) is 0 Å². The largest absolute Gasteiger partial charge is 0.352 e. The lowest BCUT2D eigenvalue weighted by molar-refractivity contribution is 0.0949. The summed E-state index contributed by atoms with van der Waals surface area (Å²) in [7, 11) is 0. The highest BCUT2D eigenvalue weighted by Crippen LogP contribution is 2.19. The van der Waals surface area contributed by atoms with Crippen LogP contribution in [-0.4, -0.2) is 31.2 Å². The molecule has 0 saturated carbocycles. The number of benzene rings is 2. The highest BCUT2D eigenvalue weighted by atomic mass is 35.5. The number of carbonyl (C=O) groups is 1. The van der Waals surface area contributed by atoms with E-state index in [1.54, 1.807) is 12.1 Å². The molecule has 0 atom stereocenters. The summed E-state index contributed by atoms with van der Waals surface area (Å²) in [6.07, 6.45) is 0. The van der Waals surface area contributed by atoms with Crippen LogP contribution in [0.4, 0.5) is 4.39 Å². The van der Waals surface area contributed by atoms with Gasteiger partial charge in [-0.25, -0.2) is 18.3 Å². The Bertz CT molecular complexity index is 1550. The van der Waals surface area contributed by atoms with Gasteiger partial charge in [-0.3, -0.25) is 14.2 Å². The van der Waals surface area contributed by atoms with Crippen molar-refractivity contribution in [2.24, 2.45) is 11.8 Å². The van der Waals surface area contributed by atoms with Gasteiger partial charge in [-0.05, 0) is 47.7 Å². The van der Waals surface area contributed by atoms with E-state index in [1.807, 2.05) is 27.7 Å². The van der Waals surface area contributed by atoms with Gasteiger partial charge in [-0.1, -0.05) is 45.4 Å². The lowest BCUT2D eigenvalue weighted by atomic mass is 10.1. The summed E-state index contributed by atoms with van der Waals surface area (Å²) >= 11 is 6.17. The average Bonchev–Trinajstić information content (AvgIpc) is 3.12. The normalized spacial score (nSPS) is 11.8. The fourth-order valence-corrected chi connectivity index (χ4v) is 4.13. The predicted octanol–water partition coefficient (Wildman–Crippen LogP) is 3.69. The molecule has 0 unspecified atom stereocenters. The minimum Gasteiger partial charge on any atom is -0.352 e. The summed E-state index contributed by atoms with van der Waals surface area (Å²) in [5.74, 6) is -0.228. The van der Waals surface area contributed by atoms with Gasteiger partial charge in [-0.15, -0.1) is 5.10 Å². The van der Waals surface area contributed by atoms with E-state index in [0.717, 1.165) is 0 Å². The van der Waals surface area contributed by atoms with Crippen LogP contribution in [0.1, 0.15) is 43.6 Å². The van der Waals surface area contributed by atoms with Crippen LogP contribution in [-0.2, 0) is 13.1 Å². The first-order valence-electron chi connectivity index (χ1n) is 11.4. The molecule has 2 heterocycles. The molecule has 10 heteroatoms. The number of carbonyl (C=O) groups excluding carboxylic acids is 1. The summed E-state index contributed by atoms with van der Waals surface area (Å²) in [4.78, 5) is 39.6. The van der Waals surface area contributed by atoms with Gasteiger partial charge in [0.25, 0.3) is 11.5 Å². The third-order valence-electron chi connectivity index (χ3n) is 5.59. The van der Waals surface area contributed by atoms with Gasteiger partial charge in [0.15, 0.2) is 0 Å². The fourth-order valence-electron chi connectivity index (χ4n) is 3.90. The van der Waals surface area contributed by atoms with E-state index < -0.39 is 11.5 Å². The molecule has 8 nitrogen and oxygen atoms in total. The zero-order valence-corrected chi connectivity index (χ0v) is 20.8. The first kappa shape index (κ1) is 24.7. The molecule has 35 heavy (non-hydrogen) atoms. The summed E-state index contributed by atoms with van der Waals surface area (Å²) in [6.45, 7) is 8.74. The van der Waals surface area contributed by atoms with E-state index >= 15 is 0 Å². The van der Waals surface area contributed by atoms with Crippen LogP contribution in [0, 0.1) is 17.7 Å². The van der Waals surface area contributed by atoms with Crippen molar-refractivity contribution in [2.75, 3.05) is 6.54 Å². The Morgan fingerprint density at radius 1 is 1.09 bits per heavy atom. The molecule has 184 valence electrons. The number of nitrogens with zero attached hydrogens (tertiary/aromatic N) is 4. The number of rotatable bonds is 7. The van der Waals surface area contributed by atoms with Crippen LogP contribution in [0.5, 0.6) is 0 Å². The Hall–Kier alpha value is -3.46. The lowest BCUT2D eigenvalue weighted by Gasteiger charge is -2.13. The van der Waals surface area contributed by atoms with Crippen LogP contribution in [0.2, 0.25) is 5.02 Å². The predicted molar refractivity (Wildman–Crippen MR) is 134 cm³/mol. The van der Waals surface area contributed by atoms with E-state index in [0.29, 0.717) is 35.1 Å². The van der Waals surface area contributed by atoms with Gasteiger partial charge in [0, 0.05) is 23.7 Å². The molecular formula is C25H27ClFN5O3. The summed E-state index contributed by atoms with van der Waals surface area (Å²) < 4.78 is 17.5. The first-order chi connectivity index (χ1) is 16.6. The Kier molecular flexibility index (Phi) is 6.80. The molecule has 4 aromatic rings. The summed E-state index contributed by atoms with van der Waals surface area (Å²) in [5.41, 5.74) is 0.342. The summed E-state index contributed by atoms with van der Waals surface area (Å²) in [5, 5.41) is 7.77. The summed E-state index contributed by atoms with van der Waals surface area (Å²) in [6, 6.07) is 8.61. The van der Waals surface area contributed by atoms with E-state index in [9.17, 15) is 18.8 Å². The number of hydrogen-bond donors (Lipinski definition) is 1. The maximum atomic E-state index is 13.5. The minimum absolute atomic E-state index is 0.00838. The second-order valence-corrected chi connectivity index (χ2v) is 9.86. The number of aromatic nitrogens is 4. The topological polar surface area (TPSA) is 90.4 Å². The molecule has 0 aliphatic carbocycles. The van der Waals surface area contributed by atoms with E-state index in [4.69, 9.17) is 11.6 Å². The number of amides is 1. The van der Waals surface area contributed by atoms with Crippen molar-refractivity contribution in [2.45, 2.75) is 40.8 Å². The zero-order valence-electron chi connectivity index (χ0n) is 20.0. The van der Waals surface area contributed by atoms with Crippen LogP contribution in [0.25, 0.3) is 16.7 Å². The van der Waals surface area contributed by atoms with Crippen molar-refractivity contribution >= 4 is 34.2 Å². The third kappa shape index (κ3) is 4.86. The number of fused-ring (bicyclic) bond motifs is 3. The van der Waals surface area contributed by atoms with Crippen LogP contribution in [0.15, 0.2) is 46.0 Å². The van der Waals surface area contributed by atoms with E-state index in [1.165, 1.54) is 37.9 Å². The molecule has 0 aliphatic rings. The number of halogens is 2. The molecule has 0 bridgehead atoms. The van der Waals surface area contributed by atoms with Crippen molar-refractivity contribution in [3.63, 3.8) is 0 Å². The fraction of sp³-hybridized carbons (Fsp3) is 0.360. The molecule has 2 aromatic carbocycles. The van der Waals surface area contributed by atoms with Crippen LogP contribution in [0.3, 0.4) is 0 Å². The van der Waals surface area contributed by atoms with Gasteiger partial charge in [0.05, 0.1) is 17.4 Å². The molecule has 0 aliphatic heterocycles. The van der Waals surface area contributed by atoms with E-state index in [2.05, 4.69) is 10.4 Å². The Balaban J connectivity index is 1.94. The van der Waals surface area contributed by atoms with Crippen molar-refractivity contribution in [1.29, 1.82) is 0 Å². The standard InChI is InChI=1S/C25H27ClFN5O3/c1-14(2)11-28-22(33)16-6-8-19-21(9-16)32-24(30(23(19)34)12-15(3)4)29-31(25(32)35)13-17-5-7-18(27)10-20(17)26/h5-10,14-15H,11-13H2,1-4H3,(H,28,33). The average molecular weight is 500 g/mol.